The Hall–Kier alpha value is -1.95. The van der Waals surface area contributed by atoms with Gasteiger partial charge in [-0.05, 0) is 31.2 Å². The molecule has 1 amide bonds. The summed E-state index contributed by atoms with van der Waals surface area (Å²) in [5, 5.41) is 3.92. The first-order valence-electron chi connectivity index (χ1n) is 8.95. The molecule has 1 aromatic carbocycles. The van der Waals surface area contributed by atoms with Crippen LogP contribution >= 0.6 is 11.5 Å². The van der Waals surface area contributed by atoms with E-state index in [-0.39, 0.29) is 11.9 Å². The fraction of sp³-hybridized carbons (Fsp3) is 0.526. The summed E-state index contributed by atoms with van der Waals surface area (Å²) in [4.78, 5) is 19.3. The molecule has 1 unspecified atom stereocenters. The van der Waals surface area contributed by atoms with Crippen LogP contribution in [-0.2, 0) is 11.2 Å². The van der Waals surface area contributed by atoms with Gasteiger partial charge in [0.1, 0.15) is 11.9 Å². The summed E-state index contributed by atoms with van der Waals surface area (Å²) in [6.45, 7) is 7.89. The molecule has 0 aliphatic carbocycles. The van der Waals surface area contributed by atoms with Crippen LogP contribution in [0.5, 0.6) is 0 Å². The summed E-state index contributed by atoms with van der Waals surface area (Å²) in [6.07, 6.45) is 2.64. The highest BCUT2D eigenvalue weighted by Crippen LogP contribution is 2.27. The molecule has 1 aliphatic rings. The Kier molecular flexibility index (Phi) is 5.68. The average Bonchev–Trinajstić information content (AvgIpc) is 3.23. The lowest BCUT2D eigenvalue weighted by Crippen LogP contribution is -2.44. The van der Waals surface area contributed by atoms with Crippen LogP contribution in [0, 0.1) is 12.8 Å². The van der Waals surface area contributed by atoms with Crippen LogP contribution < -0.4 is 10.2 Å². The van der Waals surface area contributed by atoms with Gasteiger partial charge in [-0.2, -0.15) is 4.37 Å². The standard InChI is InChI=1S/C19H26N4OS/c1-13(2)12-20-18(24)16-5-4-10-23(16)19-21-17(22-25-19)11-15-8-6-14(3)7-9-15/h6-9,13,16H,4-5,10-12H2,1-3H3,(H,20,24). The predicted octanol–water partition coefficient (Wildman–Crippen LogP) is 3.18. The SMILES string of the molecule is Cc1ccc(Cc2nsc(N3CCCC3C(=O)NCC(C)C)n2)cc1. The van der Waals surface area contributed by atoms with Gasteiger partial charge in [0.25, 0.3) is 0 Å². The molecule has 1 fully saturated rings. The number of aromatic nitrogens is 2. The normalized spacial score (nSPS) is 17.3. The quantitative estimate of drug-likeness (QED) is 0.862. The maximum Gasteiger partial charge on any atom is 0.242 e. The van der Waals surface area contributed by atoms with E-state index >= 15 is 0 Å². The van der Waals surface area contributed by atoms with Crippen LogP contribution in [0.15, 0.2) is 24.3 Å². The lowest BCUT2D eigenvalue weighted by Gasteiger charge is -2.23. The number of hydrogen-bond donors (Lipinski definition) is 1. The molecule has 5 nitrogen and oxygen atoms in total. The minimum absolute atomic E-state index is 0.112. The summed E-state index contributed by atoms with van der Waals surface area (Å²) in [5.74, 6) is 1.40. The van der Waals surface area contributed by atoms with E-state index in [0.29, 0.717) is 5.92 Å². The maximum absolute atomic E-state index is 12.5. The maximum atomic E-state index is 12.5. The van der Waals surface area contributed by atoms with Gasteiger partial charge in [-0.25, -0.2) is 4.98 Å². The van der Waals surface area contributed by atoms with E-state index in [9.17, 15) is 4.79 Å². The molecule has 0 bridgehead atoms. The molecule has 3 rings (SSSR count). The first kappa shape index (κ1) is 17.9. The first-order chi connectivity index (χ1) is 12.0. The highest BCUT2D eigenvalue weighted by Gasteiger charge is 2.32. The Morgan fingerprint density at radius 1 is 1.36 bits per heavy atom. The Balaban J connectivity index is 1.66. The average molecular weight is 359 g/mol. The molecular formula is C19H26N4OS. The molecule has 2 aromatic rings. The smallest absolute Gasteiger partial charge is 0.242 e. The van der Waals surface area contributed by atoms with Crippen LogP contribution in [0.4, 0.5) is 5.13 Å². The fourth-order valence-corrected chi connectivity index (χ4v) is 3.77. The van der Waals surface area contributed by atoms with E-state index in [0.717, 1.165) is 43.3 Å². The summed E-state index contributed by atoms with van der Waals surface area (Å²) in [5.41, 5.74) is 2.46. The monoisotopic (exact) mass is 358 g/mol. The van der Waals surface area contributed by atoms with Crippen molar-refractivity contribution in [2.45, 2.75) is 46.1 Å². The lowest BCUT2D eigenvalue weighted by molar-refractivity contribution is -0.122. The second-order valence-corrected chi connectivity index (χ2v) is 7.88. The summed E-state index contributed by atoms with van der Waals surface area (Å²) in [6, 6.07) is 8.34. The Morgan fingerprint density at radius 2 is 2.12 bits per heavy atom. The zero-order chi connectivity index (χ0) is 17.8. The van der Waals surface area contributed by atoms with Crippen molar-refractivity contribution in [1.82, 2.24) is 14.7 Å². The molecule has 2 heterocycles. The van der Waals surface area contributed by atoms with E-state index in [1.54, 1.807) is 0 Å². The topological polar surface area (TPSA) is 58.1 Å². The zero-order valence-electron chi connectivity index (χ0n) is 15.2. The largest absolute Gasteiger partial charge is 0.354 e. The van der Waals surface area contributed by atoms with E-state index in [1.165, 1.54) is 22.7 Å². The third-order valence-electron chi connectivity index (χ3n) is 4.43. The molecule has 1 N–H and O–H groups in total. The minimum Gasteiger partial charge on any atom is -0.354 e. The molecule has 134 valence electrons. The van der Waals surface area contributed by atoms with Gasteiger partial charge < -0.3 is 10.2 Å². The van der Waals surface area contributed by atoms with E-state index < -0.39 is 0 Å². The fourth-order valence-electron chi connectivity index (χ4n) is 3.01. The third-order valence-corrected chi connectivity index (χ3v) is 5.22. The molecule has 1 aromatic heterocycles. The van der Waals surface area contributed by atoms with Crippen LogP contribution in [-0.4, -0.2) is 34.4 Å². The molecule has 0 saturated carbocycles. The van der Waals surface area contributed by atoms with Gasteiger partial charge in [0, 0.05) is 31.0 Å². The Bertz CT molecular complexity index is 710. The van der Waals surface area contributed by atoms with E-state index in [2.05, 4.69) is 59.6 Å². The molecule has 1 saturated heterocycles. The minimum atomic E-state index is -0.112. The van der Waals surface area contributed by atoms with Crippen molar-refractivity contribution >= 4 is 22.6 Å². The molecule has 1 aliphatic heterocycles. The number of aryl methyl sites for hydroxylation is 1. The van der Waals surface area contributed by atoms with Crippen molar-refractivity contribution in [3.8, 4) is 0 Å². The second kappa shape index (κ2) is 7.95. The number of amides is 1. The molecular weight excluding hydrogens is 332 g/mol. The predicted molar refractivity (Wildman–Crippen MR) is 102 cm³/mol. The van der Waals surface area contributed by atoms with Gasteiger partial charge in [-0.3, -0.25) is 4.79 Å². The summed E-state index contributed by atoms with van der Waals surface area (Å²) in [7, 11) is 0. The molecule has 0 spiro atoms. The highest BCUT2D eigenvalue weighted by atomic mass is 32.1. The zero-order valence-corrected chi connectivity index (χ0v) is 16.0. The number of benzene rings is 1. The van der Waals surface area contributed by atoms with Crippen LogP contribution in [0.25, 0.3) is 0 Å². The van der Waals surface area contributed by atoms with Gasteiger partial charge in [0.05, 0.1) is 0 Å². The van der Waals surface area contributed by atoms with E-state index in [1.807, 2.05) is 0 Å². The third kappa shape index (κ3) is 4.57. The molecule has 6 heteroatoms. The van der Waals surface area contributed by atoms with Crippen molar-refractivity contribution in [1.29, 1.82) is 0 Å². The number of anilines is 1. The van der Waals surface area contributed by atoms with Crippen LogP contribution in [0.2, 0.25) is 0 Å². The highest BCUT2D eigenvalue weighted by molar-refractivity contribution is 7.09. The van der Waals surface area contributed by atoms with Crippen molar-refractivity contribution in [2.24, 2.45) is 5.92 Å². The number of hydrogen-bond acceptors (Lipinski definition) is 5. The van der Waals surface area contributed by atoms with Crippen LogP contribution in [0.3, 0.4) is 0 Å². The second-order valence-electron chi connectivity index (χ2n) is 7.15. The van der Waals surface area contributed by atoms with Gasteiger partial charge in [-0.15, -0.1) is 0 Å². The molecule has 1 atom stereocenters. The summed E-state index contributed by atoms with van der Waals surface area (Å²) >= 11 is 1.40. The first-order valence-corrected chi connectivity index (χ1v) is 9.72. The number of carbonyl (C=O) groups excluding carboxylic acids is 1. The molecule has 25 heavy (non-hydrogen) atoms. The number of nitrogens with one attached hydrogen (secondary N) is 1. The van der Waals surface area contributed by atoms with Gasteiger partial charge >= 0.3 is 0 Å². The van der Waals surface area contributed by atoms with E-state index in [4.69, 9.17) is 4.98 Å². The Morgan fingerprint density at radius 3 is 2.84 bits per heavy atom. The lowest BCUT2D eigenvalue weighted by atomic mass is 10.1. The van der Waals surface area contributed by atoms with Gasteiger partial charge in [-0.1, -0.05) is 43.7 Å². The molecule has 0 radical (unpaired) electrons. The summed E-state index contributed by atoms with van der Waals surface area (Å²) < 4.78 is 4.50. The van der Waals surface area contributed by atoms with Crippen molar-refractivity contribution in [3.05, 3.63) is 41.2 Å². The Labute approximate surface area is 153 Å². The number of rotatable bonds is 6. The van der Waals surface area contributed by atoms with Crippen molar-refractivity contribution < 1.29 is 4.79 Å². The van der Waals surface area contributed by atoms with Crippen molar-refractivity contribution in [2.75, 3.05) is 18.0 Å². The van der Waals surface area contributed by atoms with Gasteiger partial charge in [0.2, 0.25) is 11.0 Å². The van der Waals surface area contributed by atoms with Gasteiger partial charge in [0.15, 0.2) is 0 Å². The number of carbonyl (C=O) groups is 1. The van der Waals surface area contributed by atoms with Crippen molar-refractivity contribution in [3.63, 3.8) is 0 Å². The number of nitrogens with zero attached hydrogens (tertiary/aromatic N) is 3. The van der Waals surface area contributed by atoms with Crippen LogP contribution in [0.1, 0.15) is 43.6 Å².